The summed E-state index contributed by atoms with van der Waals surface area (Å²) in [6, 6.07) is 1.68. The highest BCUT2D eigenvalue weighted by Crippen LogP contribution is 2.03. The van der Waals surface area contributed by atoms with Crippen LogP contribution in [-0.4, -0.2) is 24.7 Å². The Labute approximate surface area is 104 Å². The monoisotopic (exact) mass is 248 g/mol. The Balaban J connectivity index is 2.04. The van der Waals surface area contributed by atoms with Gasteiger partial charge in [0.15, 0.2) is 0 Å². The zero-order valence-electron chi connectivity index (χ0n) is 9.29. The van der Waals surface area contributed by atoms with Gasteiger partial charge in [0.1, 0.15) is 10.7 Å². The molecule has 0 aliphatic carbocycles. The number of nitrogens with one attached hydrogen (secondary N) is 1. The zero-order chi connectivity index (χ0) is 12.3. The number of aromatic nitrogens is 4. The van der Waals surface area contributed by atoms with Gasteiger partial charge in [0.05, 0.1) is 6.20 Å². The second-order valence-electron chi connectivity index (χ2n) is 3.51. The summed E-state index contributed by atoms with van der Waals surface area (Å²) in [5.41, 5.74) is 7.10. The van der Waals surface area contributed by atoms with Crippen LogP contribution in [0.1, 0.15) is 11.3 Å². The fourth-order valence-electron chi connectivity index (χ4n) is 1.33. The first kappa shape index (κ1) is 11.5. The van der Waals surface area contributed by atoms with E-state index in [9.17, 15) is 0 Å². The van der Waals surface area contributed by atoms with Crippen molar-refractivity contribution in [3.05, 3.63) is 35.9 Å². The van der Waals surface area contributed by atoms with Crippen LogP contribution in [0.25, 0.3) is 0 Å². The van der Waals surface area contributed by atoms with Gasteiger partial charge in [-0.3, -0.25) is 4.68 Å². The molecular weight excluding hydrogens is 236 g/mol. The Kier molecular flexibility index (Phi) is 3.29. The number of anilines is 1. The van der Waals surface area contributed by atoms with Gasteiger partial charge < -0.3 is 11.1 Å². The average molecular weight is 248 g/mol. The van der Waals surface area contributed by atoms with Crippen molar-refractivity contribution in [1.82, 2.24) is 19.7 Å². The van der Waals surface area contributed by atoms with E-state index in [1.807, 2.05) is 13.2 Å². The molecule has 2 aromatic rings. The van der Waals surface area contributed by atoms with Crippen LogP contribution in [0.2, 0.25) is 0 Å². The summed E-state index contributed by atoms with van der Waals surface area (Å²) in [4.78, 5) is 8.52. The molecule has 0 amide bonds. The molecule has 0 fully saturated rings. The lowest BCUT2D eigenvalue weighted by atomic mass is 10.3. The highest BCUT2D eigenvalue weighted by molar-refractivity contribution is 7.80. The Morgan fingerprint density at radius 2 is 2.41 bits per heavy atom. The minimum Gasteiger partial charge on any atom is -0.388 e. The molecule has 0 saturated carbocycles. The fourth-order valence-corrected chi connectivity index (χ4v) is 1.44. The fraction of sp³-hybridized carbons (Fsp3) is 0.200. The van der Waals surface area contributed by atoms with Gasteiger partial charge in [-0.1, -0.05) is 12.2 Å². The van der Waals surface area contributed by atoms with Gasteiger partial charge in [-0.25, -0.2) is 9.97 Å². The quantitative estimate of drug-likeness (QED) is 0.765. The smallest absolute Gasteiger partial charge is 0.223 e. The number of aryl methyl sites for hydroxylation is 1. The predicted molar refractivity (Wildman–Crippen MR) is 68.5 cm³/mol. The van der Waals surface area contributed by atoms with Gasteiger partial charge in [0.2, 0.25) is 5.95 Å². The van der Waals surface area contributed by atoms with E-state index in [0.717, 1.165) is 5.56 Å². The first-order chi connectivity index (χ1) is 8.15. The molecule has 6 nitrogen and oxygen atoms in total. The number of thiocarbonyl (C=S) groups is 1. The maximum absolute atomic E-state index is 5.49. The van der Waals surface area contributed by atoms with Crippen molar-refractivity contribution in [3.8, 4) is 0 Å². The van der Waals surface area contributed by atoms with Crippen LogP contribution in [-0.2, 0) is 13.6 Å². The number of hydrogen-bond donors (Lipinski definition) is 2. The topological polar surface area (TPSA) is 81.7 Å². The molecule has 0 spiro atoms. The molecule has 17 heavy (non-hydrogen) atoms. The Morgan fingerprint density at radius 3 is 3.06 bits per heavy atom. The van der Waals surface area contributed by atoms with Crippen molar-refractivity contribution in [3.63, 3.8) is 0 Å². The lowest BCUT2D eigenvalue weighted by Gasteiger charge is -2.04. The van der Waals surface area contributed by atoms with Crippen LogP contribution in [0, 0.1) is 0 Å². The molecule has 3 N–H and O–H groups in total. The van der Waals surface area contributed by atoms with E-state index in [2.05, 4.69) is 20.4 Å². The van der Waals surface area contributed by atoms with Gasteiger partial charge in [-0.05, 0) is 6.07 Å². The highest BCUT2D eigenvalue weighted by Gasteiger charge is 2.02. The molecule has 0 aliphatic heterocycles. The van der Waals surface area contributed by atoms with Crippen molar-refractivity contribution in [2.45, 2.75) is 6.54 Å². The summed E-state index contributed by atoms with van der Waals surface area (Å²) >= 11 is 4.85. The van der Waals surface area contributed by atoms with Crippen molar-refractivity contribution in [2.75, 3.05) is 5.32 Å². The minimum atomic E-state index is 0.261. The molecule has 88 valence electrons. The Hall–Kier alpha value is -2.02. The second kappa shape index (κ2) is 4.88. The molecule has 0 saturated heterocycles. The normalized spacial score (nSPS) is 10.2. The van der Waals surface area contributed by atoms with Gasteiger partial charge >= 0.3 is 0 Å². The molecule has 0 aromatic carbocycles. The Bertz CT molecular complexity index is 535. The average Bonchev–Trinajstić information content (AvgIpc) is 2.73. The van der Waals surface area contributed by atoms with Gasteiger partial charge in [-0.2, -0.15) is 5.10 Å². The highest BCUT2D eigenvalue weighted by atomic mass is 32.1. The van der Waals surface area contributed by atoms with Gasteiger partial charge in [0, 0.05) is 31.5 Å². The SMILES string of the molecule is Cn1cc(CNc2nccc(C(N)=S)n2)cn1. The van der Waals surface area contributed by atoms with Crippen molar-refractivity contribution < 1.29 is 0 Å². The summed E-state index contributed by atoms with van der Waals surface area (Å²) in [6.45, 7) is 0.606. The van der Waals surface area contributed by atoms with E-state index >= 15 is 0 Å². The molecule has 0 bridgehead atoms. The number of nitrogens with two attached hydrogens (primary N) is 1. The Morgan fingerprint density at radius 1 is 1.59 bits per heavy atom. The third-order valence-corrected chi connectivity index (χ3v) is 2.33. The second-order valence-corrected chi connectivity index (χ2v) is 3.95. The third-order valence-electron chi connectivity index (χ3n) is 2.12. The van der Waals surface area contributed by atoms with Crippen LogP contribution in [0.5, 0.6) is 0 Å². The molecule has 2 heterocycles. The van der Waals surface area contributed by atoms with Crippen LogP contribution in [0.4, 0.5) is 5.95 Å². The lowest BCUT2D eigenvalue weighted by Crippen LogP contribution is -2.13. The summed E-state index contributed by atoms with van der Waals surface area (Å²) in [7, 11) is 1.87. The molecule has 0 atom stereocenters. The number of hydrogen-bond acceptors (Lipinski definition) is 5. The van der Waals surface area contributed by atoms with E-state index < -0.39 is 0 Å². The van der Waals surface area contributed by atoms with E-state index in [-0.39, 0.29) is 4.99 Å². The maximum atomic E-state index is 5.49. The zero-order valence-corrected chi connectivity index (χ0v) is 10.1. The number of rotatable bonds is 4. The van der Waals surface area contributed by atoms with E-state index in [1.165, 1.54) is 0 Å². The summed E-state index contributed by atoms with van der Waals surface area (Å²) in [5.74, 6) is 0.499. The molecule has 0 unspecified atom stereocenters. The molecule has 2 aromatic heterocycles. The molecule has 7 heteroatoms. The van der Waals surface area contributed by atoms with Crippen molar-refractivity contribution >= 4 is 23.2 Å². The summed E-state index contributed by atoms with van der Waals surface area (Å²) in [5, 5.41) is 7.15. The van der Waals surface area contributed by atoms with Crippen LogP contribution >= 0.6 is 12.2 Å². The van der Waals surface area contributed by atoms with Crippen LogP contribution in [0.3, 0.4) is 0 Å². The standard InChI is InChI=1S/C10H12N6S/c1-16-6-7(5-14-16)4-13-10-12-3-2-8(15-10)9(11)17/h2-3,5-6H,4H2,1H3,(H2,11,17)(H,12,13,15). The molecular formula is C10H12N6S. The van der Waals surface area contributed by atoms with E-state index in [0.29, 0.717) is 18.2 Å². The van der Waals surface area contributed by atoms with Gasteiger partial charge in [-0.15, -0.1) is 0 Å². The largest absolute Gasteiger partial charge is 0.388 e. The van der Waals surface area contributed by atoms with Crippen molar-refractivity contribution in [1.29, 1.82) is 0 Å². The lowest BCUT2D eigenvalue weighted by molar-refractivity contribution is 0.767. The van der Waals surface area contributed by atoms with Crippen LogP contribution < -0.4 is 11.1 Å². The predicted octanol–water partition coefficient (Wildman–Crippen LogP) is 0.456. The van der Waals surface area contributed by atoms with Gasteiger partial charge in [0.25, 0.3) is 0 Å². The van der Waals surface area contributed by atoms with Crippen LogP contribution in [0.15, 0.2) is 24.7 Å². The molecule has 0 radical (unpaired) electrons. The van der Waals surface area contributed by atoms with E-state index in [1.54, 1.807) is 23.1 Å². The first-order valence-electron chi connectivity index (χ1n) is 4.99. The van der Waals surface area contributed by atoms with Crippen molar-refractivity contribution in [2.24, 2.45) is 12.8 Å². The first-order valence-corrected chi connectivity index (χ1v) is 5.40. The third kappa shape index (κ3) is 2.97. The summed E-state index contributed by atoms with van der Waals surface area (Å²) in [6.07, 6.45) is 5.32. The maximum Gasteiger partial charge on any atom is 0.223 e. The number of nitrogens with zero attached hydrogens (tertiary/aromatic N) is 4. The molecule has 2 rings (SSSR count). The summed E-state index contributed by atoms with van der Waals surface area (Å²) < 4.78 is 1.74. The molecule has 0 aliphatic rings. The minimum absolute atomic E-state index is 0.261. The van der Waals surface area contributed by atoms with E-state index in [4.69, 9.17) is 18.0 Å².